The van der Waals surface area contributed by atoms with E-state index in [-0.39, 0.29) is 18.9 Å². The van der Waals surface area contributed by atoms with Crippen LogP contribution in [0, 0.1) is 13.8 Å². The van der Waals surface area contributed by atoms with Gasteiger partial charge in [0.05, 0.1) is 5.89 Å². The summed E-state index contributed by atoms with van der Waals surface area (Å²) in [7, 11) is 0. The number of rotatable bonds is 1. The summed E-state index contributed by atoms with van der Waals surface area (Å²) >= 11 is 0. The molecule has 0 atom stereocenters. The van der Waals surface area contributed by atoms with Gasteiger partial charge in [-0.05, 0) is 6.92 Å². The Morgan fingerprint density at radius 2 is 1.86 bits per heavy atom. The average Bonchev–Trinajstić information content (AvgIpc) is 2.47. The van der Waals surface area contributed by atoms with Crippen LogP contribution in [0.2, 0.25) is 0 Å². The molecule has 1 aromatic heterocycles. The minimum atomic E-state index is 0. The summed E-state index contributed by atoms with van der Waals surface area (Å²) in [4.78, 5) is 4.20. The van der Waals surface area contributed by atoms with Crippen LogP contribution in [0.1, 0.15) is 11.7 Å². The molecule has 0 aliphatic carbocycles. The Bertz CT molecular complexity index is 408. The molecule has 3 heteroatoms. The van der Waals surface area contributed by atoms with Gasteiger partial charge in [0.1, 0.15) is 11.5 Å². The van der Waals surface area contributed by atoms with Crippen LogP contribution in [-0.2, 0) is 0 Å². The van der Waals surface area contributed by atoms with Crippen LogP contribution in [0.4, 0.5) is 0 Å². The normalized spacial score (nSPS) is 9.50. The number of nitrogens with zero attached hydrogens (tertiary/aromatic N) is 1. The number of oxazole rings is 1. The van der Waals surface area contributed by atoms with Gasteiger partial charge >= 0.3 is 18.9 Å². The summed E-state index contributed by atoms with van der Waals surface area (Å²) in [5, 5.41) is 0. The van der Waals surface area contributed by atoms with Crippen molar-refractivity contribution in [3.8, 4) is 11.3 Å². The second-order valence-corrected chi connectivity index (χ2v) is 2.88. The molecule has 2 aromatic rings. The van der Waals surface area contributed by atoms with Gasteiger partial charge < -0.3 is 11.3 Å². The van der Waals surface area contributed by atoms with Crippen LogP contribution < -0.4 is 18.9 Å². The van der Waals surface area contributed by atoms with Crippen molar-refractivity contribution >= 4 is 0 Å². The molecule has 0 saturated carbocycles. The van der Waals surface area contributed by atoms with E-state index in [0.29, 0.717) is 5.89 Å². The van der Waals surface area contributed by atoms with Gasteiger partial charge in [-0.1, -0.05) is 30.3 Å². The monoisotopic (exact) mass is 179 g/mol. The molecule has 1 heterocycles. The van der Waals surface area contributed by atoms with E-state index in [4.69, 9.17) is 4.42 Å². The van der Waals surface area contributed by atoms with Gasteiger partial charge in [0, 0.05) is 5.56 Å². The van der Waals surface area contributed by atoms with Crippen molar-refractivity contribution in [3.63, 3.8) is 0 Å². The summed E-state index contributed by atoms with van der Waals surface area (Å²) in [6, 6.07) is 9.94. The van der Waals surface area contributed by atoms with Crippen LogP contribution >= 0.6 is 0 Å². The van der Waals surface area contributed by atoms with Gasteiger partial charge in [0.15, 0.2) is 0 Å². The minimum absolute atomic E-state index is 0. The first-order valence-corrected chi connectivity index (χ1v) is 4.12. The standard InChI is InChI=1S/C11H10NO.Li/c1-8-11(12-9(2)13-8)10-6-4-3-5-7-10;/h3-7H,2H2,1H3;/q-1;+1. The van der Waals surface area contributed by atoms with E-state index in [1.165, 1.54) is 0 Å². The van der Waals surface area contributed by atoms with Crippen molar-refractivity contribution in [2.75, 3.05) is 0 Å². The molecular weight excluding hydrogens is 169 g/mol. The van der Waals surface area contributed by atoms with Crippen LogP contribution in [-0.4, -0.2) is 4.98 Å². The smallest absolute Gasteiger partial charge is 0.476 e. The molecule has 0 aliphatic rings. The van der Waals surface area contributed by atoms with Gasteiger partial charge in [-0.25, -0.2) is 4.98 Å². The van der Waals surface area contributed by atoms with Crippen molar-refractivity contribution < 1.29 is 23.3 Å². The zero-order valence-electron chi connectivity index (χ0n) is 8.45. The zero-order chi connectivity index (χ0) is 9.26. The van der Waals surface area contributed by atoms with Gasteiger partial charge in [-0.3, -0.25) is 0 Å². The maximum absolute atomic E-state index is 5.25. The predicted molar refractivity (Wildman–Crippen MR) is 51.1 cm³/mol. The Kier molecular flexibility index (Phi) is 3.46. The van der Waals surface area contributed by atoms with E-state index in [2.05, 4.69) is 11.9 Å². The van der Waals surface area contributed by atoms with Crippen LogP contribution in [0.15, 0.2) is 34.7 Å². The molecule has 0 radical (unpaired) electrons. The van der Waals surface area contributed by atoms with Crippen molar-refractivity contribution in [1.82, 2.24) is 4.98 Å². The quantitative estimate of drug-likeness (QED) is 0.449. The molecule has 0 amide bonds. The maximum Gasteiger partial charge on any atom is 1.00 e. The Labute approximate surface area is 95.5 Å². The summed E-state index contributed by atoms with van der Waals surface area (Å²) in [5.74, 6) is 1.28. The molecule has 0 bridgehead atoms. The second-order valence-electron chi connectivity index (χ2n) is 2.88. The molecule has 0 N–H and O–H groups in total. The number of benzene rings is 1. The summed E-state index contributed by atoms with van der Waals surface area (Å²) < 4.78 is 5.25. The van der Waals surface area contributed by atoms with Gasteiger partial charge in [0.25, 0.3) is 0 Å². The van der Waals surface area contributed by atoms with Gasteiger partial charge in [-0.2, -0.15) is 0 Å². The van der Waals surface area contributed by atoms with E-state index in [1.807, 2.05) is 37.3 Å². The topological polar surface area (TPSA) is 26.0 Å². The van der Waals surface area contributed by atoms with Crippen molar-refractivity contribution in [1.29, 1.82) is 0 Å². The molecule has 2 nitrogen and oxygen atoms in total. The zero-order valence-corrected chi connectivity index (χ0v) is 8.45. The predicted octanol–water partition coefficient (Wildman–Crippen LogP) is -0.164. The van der Waals surface area contributed by atoms with Crippen LogP contribution in [0.5, 0.6) is 0 Å². The molecule has 0 saturated heterocycles. The fourth-order valence-corrected chi connectivity index (χ4v) is 1.32. The molecule has 1 aromatic carbocycles. The number of hydrogen-bond donors (Lipinski definition) is 0. The number of hydrogen-bond acceptors (Lipinski definition) is 2. The Hall–Kier alpha value is -1.10. The van der Waals surface area contributed by atoms with Gasteiger partial charge in [0.2, 0.25) is 0 Å². The Morgan fingerprint density at radius 1 is 1.21 bits per heavy atom. The third-order valence-electron chi connectivity index (χ3n) is 1.89. The first kappa shape index (κ1) is 11.0. The Morgan fingerprint density at radius 3 is 2.36 bits per heavy atom. The summed E-state index contributed by atoms with van der Waals surface area (Å²) in [6.07, 6.45) is 0. The van der Waals surface area contributed by atoms with E-state index in [0.717, 1.165) is 17.0 Å². The van der Waals surface area contributed by atoms with E-state index < -0.39 is 0 Å². The second kappa shape index (κ2) is 4.41. The molecule has 0 unspecified atom stereocenters. The van der Waals surface area contributed by atoms with Crippen LogP contribution in [0.25, 0.3) is 11.3 Å². The van der Waals surface area contributed by atoms with Crippen molar-refractivity contribution in [3.05, 3.63) is 48.9 Å². The average molecular weight is 179 g/mol. The SMILES string of the molecule is [CH2-]c1nc(-c2ccccc2)c(C)o1.[Li+]. The molecular formula is C11H10LiNO. The van der Waals surface area contributed by atoms with E-state index in [1.54, 1.807) is 0 Å². The third-order valence-corrected chi connectivity index (χ3v) is 1.89. The van der Waals surface area contributed by atoms with E-state index >= 15 is 0 Å². The van der Waals surface area contributed by atoms with Crippen molar-refractivity contribution in [2.45, 2.75) is 6.92 Å². The minimum Gasteiger partial charge on any atom is -0.476 e. The fourth-order valence-electron chi connectivity index (χ4n) is 1.32. The molecule has 0 fully saturated rings. The fraction of sp³-hybridized carbons (Fsp3) is 0.0909. The largest absolute Gasteiger partial charge is 1.00 e. The Balaban J connectivity index is 0.000000980. The summed E-state index contributed by atoms with van der Waals surface area (Å²) in [5.41, 5.74) is 1.95. The first-order valence-electron chi connectivity index (χ1n) is 4.12. The van der Waals surface area contributed by atoms with E-state index in [9.17, 15) is 0 Å². The number of aryl methyl sites for hydroxylation is 1. The van der Waals surface area contributed by atoms with Crippen LogP contribution in [0.3, 0.4) is 0 Å². The molecule has 66 valence electrons. The first-order chi connectivity index (χ1) is 6.27. The summed E-state index contributed by atoms with van der Waals surface area (Å²) in [6.45, 7) is 5.54. The van der Waals surface area contributed by atoms with Gasteiger partial charge in [-0.15, -0.1) is 0 Å². The maximum atomic E-state index is 5.25. The van der Waals surface area contributed by atoms with Crippen molar-refractivity contribution in [2.24, 2.45) is 0 Å². The molecule has 0 spiro atoms. The molecule has 2 rings (SSSR count). The number of aromatic nitrogens is 1. The molecule has 14 heavy (non-hydrogen) atoms. The third kappa shape index (κ3) is 2.04. The molecule has 0 aliphatic heterocycles.